The van der Waals surface area contributed by atoms with Crippen molar-refractivity contribution < 1.29 is 4.74 Å². The molecule has 0 aliphatic carbocycles. The summed E-state index contributed by atoms with van der Waals surface area (Å²) in [4.78, 5) is 0. The van der Waals surface area contributed by atoms with Crippen molar-refractivity contribution in [2.45, 2.75) is 25.7 Å². The van der Waals surface area contributed by atoms with E-state index in [9.17, 15) is 0 Å². The minimum atomic E-state index is 0.639. The first-order valence-corrected chi connectivity index (χ1v) is 6.09. The van der Waals surface area contributed by atoms with Crippen molar-refractivity contribution in [2.24, 2.45) is 0 Å². The number of ether oxygens (including phenoxy) is 1. The highest BCUT2D eigenvalue weighted by molar-refractivity contribution is 6.17. The number of nitriles is 1. The van der Waals surface area contributed by atoms with Gasteiger partial charge in [-0.25, -0.2) is 0 Å². The van der Waals surface area contributed by atoms with Crippen molar-refractivity contribution in [1.29, 1.82) is 5.26 Å². The lowest BCUT2D eigenvalue weighted by Gasteiger charge is -2.05. The van der Waals surface area contributed by atoms with Crippen molar-refractivity contribution in [3.8, 4) is 11.8 Å². The first kappa shape index (κ1) is 12.9. The molecule has 3 heteroatoms. The van der Waals surface area contributed by atoms with E-state index in [1.54, 1.807) is 12.1 Å². The zero-order valence-electron chi connectivity index (χ0n) is 9.29. The summed E-state index contributed by atoms with van der Waals surface area (Å²) < 4.78 is 5.54. The van der Waals surface area contributed by atoms with Crippen LogP contribution in [-0.4, -0.2) is 12.5 Å². The second-order valence-electron chi connectivity index (χ2n) is 3.59. The highest BCUT2D eigenvalue weighted by Gasteiger charge is 1.96. The van der Waals surface area contributed by atoms with Crippen molar-refractivity contribution in [3.63, 3.8) is 0 Å². The quantitative estimate of drug-likeness (QED) is 0.535. The average molecular weight is 238 g/mol. The maximum Gasteiger partial charge on any atom is 0.120 e. The van der Waals surface area contributed by atoms with Gasteiger partial charge in [0, 0.05) is 5.88 Å². The number of alkyl halides is 1. The molecule has 1 aromatic carbocycles. The van der Waals surface area contributed by atoms with Gasteiger partial charge in [-0.2, -0.15) is 5.26 Å². The number of nitrogens with zero attached hydrogens (tertiary/aromatic N) is 1. The molecule has 1 rings (SSSR count). The van der Waals surface area contributed by atoms with Crippen LogP contribution < -0.4 is 4.74 Å². The average Bonchev–Trinajstić information content (AvgIpc) is 2.34. The topological polar surface area (TPSA) is 33.0 Å². The van der Waals surface area contributed by atoms with E-state index in [0.29, 0.717) is 12.2 Å². The molecule has 0 amide bonds. The minimum absolute atomic E-state index is 0.639. The standard InChI is InChI=1S/C13H16ClNO/c14-8-3-1-2-4-9-16-13-7-5-6-12(10-13)11-15/h5-7,10H,1-4,8-9H2. The van der Waals surface area contributed by atoms with Gasteiger partial charge in [0.1, 0.15) is 5.75 Å². The Bertz CT molecular complexity index is 346. The molecule has 0 saturated heterocycles. The maximum absolute atomic E-state index is 8.71. The molecule has 0 aliphatic heterocycles. The van der Waals surface area contributed by atoms with E-state index in [4.69, 9.17) is 21.6 Å². The first-order chi connectivity index (χ1) is 7.86. The lowest BCUT2D eigenvalue weighted by Crippen LogP contribution is -1.97. The van der Waals surface area contributed by atoms with Gasteiger partial charge in [-0.3, -0.25) is 0 Å². The zero-order valence-corrected chi connectivity index (χ0v) is 10.0. The third-order valence-corrected chi connectivity index (χ3v) is 2.53. The smallest absolute Gasteiger partial charge is 0.120 e. The monoisotopic (exact) mass is 237 g/mol. The molecular formula is C13H16ClNO. The normalized spacial score (nSPS) is 9.75. The lowest BCUT2D eigenvalue weighted by molar-refractivity contribution is 0.305. The van der Waals surface area contributed by atoms with Gasteiger partial charge < -0.3 is 4.74 Å². The minimum Gasteiger partial charge on any atom is -0.494 e. The third-order valence-electron chi connectivity index (χ3n) is 2.26. The summed E-state index contributed by atoms with van der Waals surface area (Å²) in [6.45, 7) is 0.706. The van der Waals surface area contributed by atoms with Crippen LogP contribution in [0.15, 0.2) is 24.3 Å². The second kappa shape index (κ2) is 8.01. The van der Waals surface area contributed by atoms with Gasteiger partial charge in [-0.15, -0.1) is 11.6 Å². The van der Waals surface area contributed by atoms with Crippen molar-refractivity contribution in [1.82, 2.24) is 0 Å². The largest absolute Gasteiger partial charge is 0.494 e. The molecule has 1 aromatic rings. The zero-order chi connectivity index (χ0) is 11.6. The highest BCUT2D eigenvalue weighted by Crippen LogP contribution is 2.13. The predicted octanol–water partition coefficient (Wildman–Crippen LogP) is 3.74. The summed E-state index contributed by atoms with van der Waals surface area (Å²) in [6, 6.07) is 9.33. The van der Waals surface area contributed by atoms with Crippen LogP contribution in [0.5, 0.6) is 5.75 Å². The van der Waals surface area contributed by atoms with Crippen molar-refractivity contribution >= 4 is 11.6 Å². The van der Waals surface area contributed by atoms with Crippen LogP contribution in [0, 0.1) is 11.3 Å². The molecule has 0 saturated carbocycles. The van der Waals surface area contributed by atoms with E-state index >= 15 is 0 Å². The van der Waals surface area contributed by atoms with Crippen molar-refractivity contribution in [3.05, 3.63) is 29.8 Å². The van der Waals surface area contributed by atoms with Gasteiger partial charge >= 0.3 is 0 Å². The van der Waals surface area contributed by atoms with Crippen LogP contribution >= 0.6 is 11.6 Å². The predicted molar refractivity (Wildman–Crippen MR) is 65.8 cm³/mol. The summed E-state index contributed by atoms with van der Waals surface area (Å²) >= 11 is 5.58. The fourth-order valence-electron chi connectivity index (χ4n) is 1.40. The Balaban J connectivity index is 2.19. The van der Waals surface area contributed by atoms with Crippen LogP contribution in [0.3, 0.4) is 0 Å². The van der Waals surface area contributed by atoms with E-state index in [-0.39, 0.29) is 0 Å². The molecule has 0 N–H and O–H groups in total. The number of halogens is 1. The van der Waals surface area contributed by atoms with Crippen LogP contribution in [0.4, 0.5) is 0 Å². The molecule has 0 heterocycles. The molecule has 0 bridgehead atoms. The fourth-order valence-corrected chi connectivity index (χ4v) is 1.58. The van der Waals surface area contributed by atoms with Crippen LogP contribution in [-0.2, 0) is 0 Å². The second-order valence-corrected chi connectivity index (χ2v) is 3.97. The molecule has 2 nitrogen and oxygen atoms in total. The molecule has 0 unspecified atom stereocenters. The number of hydrogen-bond donors (Lipinski definition) is 0. The highest BCUT2D eigenvalue weighted by atomic mass is 35.5. The SMILES string of the molecule is N#Cc1cccc(OCCCCCCCl)c1. The van der Waals surface area contributed by atoms with Gasteiger partial charge in [0.25, 0.3) is 0 Å². The molecule has 0 radical (unpaired) electrons. The summed E-state index contributed by atoms with van der Waals surface area (Å²) in [5.41, 5.74) is 0.639. The van der Waals surface area contributed by atoms with Crippen LogP contribution in [0.25, 0.3) is 0 Å². The Morgan fingerprint density at radius 3 is 2.75 bits per heavy atom. The number of benzene rings is 1. The third kappa shape index (κ3) is 5.04. The molecule has 0 spiro atoms. The molecule has 16 heavy (non-hydrogen) atoms. The Hall–Kier alpha value is -1.20. The summed E-state index contributed by atoms with van der Waals surface area (Å²) in [5, 5.41) is 8.71. The molecule has 0 atom stereocenters. The van der Waals surface area contributed by atoms with E-state index in [1.165, 1.54) is 0 Å². The van der Waals surface area contributed by atoms with Crippen LogP contribution in [0.2, 0.25) is 0 Å². The molecule has 0 fully saturated rings. The van der Waals surface area contributed by atoms with Gasteiger partial charge in [-0.1, -0.05) is 18.9 Å². The van der Waals surface area contributed by atoms with E-state index in [1.807, 2.05) is 12.1 Å². The Morgan fingerprint density at radius 2 is 2.00 bits per heavy atom. The number of hydrogen-bond acceptors (Lipinski definition) is 2. The van der Waals surface area contributed by atoms with Crippen LogP contribution in [0.1, 0.15) is 31.2 Å². The molecule has 86 valence electrons. The first-order valence-electron chi connectivity index (χ1n) is 5.56. The van der Waals surface area contributed by atoms with E-state index in [2.05, 4.69) is 6.07 Å². The Morgan fingerprint density at radius 1 is 1.19 bits per heavy atom. The number of unbranched alkanes of at least 4 members (excludes halogenated alkanes) is 3. The van der Waals surface area contributed by atoms with Gasteiger partial charge in [0.15, 0.2) is 0 Å². The fraction of sp³-hybridized carbons (Fsp3) is 0.462. The van der Waals surface area contributed by atoms with Gasteiger partial charge in [0.2, 0.25) is 0 Å². The van der Waals surface area contributed by atoms with Crippen molar-refractivity contribution in [2.75, 3.05) is 12.5 Å². The van der Waals surface area contributed by atoms with Gasteiger partial charge in [-0.05, 0) is 31.0 Å². The lowest BCUT2D eigenvalue weighted by atomic mass is 10.2. The summed E-state index contributed by atoms with van der Waals surface area (Å²) in [7, 11) is 0. The van der Waals surface area contributed by atoms with E-state index in [0.717, 1.165) is 37.3 Å². The molecule has 0 aromatic heterocycles. The van der Waals surface area contributed by atoms with E-state index < -0.39 is 0 Å². The maximum atomic E-state index is 8.71. The summed E-state index contributed by atoms with van der Waals surface area (Å²) in [6.07, 6.45) is 4.41. The summed E-state index contributed by atoms with van der Waals surface area (Å²) in [5.74, 6) is 1.52. The molecule has 0 aliphatic rings. The Labute approximate surface area is 102 Å². The molecular weight excluding hydrogens is 222 g/mol. The van der Waals surface area contributed by atoms with Gasteiger partial charge in [0.05, 0.1) is 18.2 Å². The Kier molecular flexibility index (Phi) is 6.44. The number of rotatable bonds is 7.